The zero-order valence-electron chi connectivity index (χ0n) is 32.1. The van der Waals surface area contributed by atoms with E-state index < -0.39 is 59.6 Å². The lowest BCUT2D eigenvalue weighted by Gasteiger charge is -2.40. The van der Waals surface area contributed by atoms with Crippen molar-refractivity contribution in [2.45, 2.75) is 87.2 Å². The normalized spacial score (nSPS) is 25.7. The quantitative estimate of drug-likeness (QED) is 0.0984. The standard InChI is InChI=1S/C44H52BrN3O7/c1-7-9-19-35(50)46(6)28(5)38(30-16-11-10-12-17-30)54-43(53)36-37-41(51)48(33(26-49)23-27(3)4)40(44(37)25-34(45)39(36)55-44)42(52)47(22-8-2)32-21-20-29-15-13-14-18-31(29)24-32/h7-8,10-18,20-21,24,27-28,33-34,36-40,49H,1-2,9,19,22-23,25-26H2,3-6H3/t28-,33-,34?,36+,37-,38+,39+,40+,44-/m1/s1. The number of hydrogen-bond acceptors (Lipinski definition) is 7. The predicted molar refractivity (Wildman–Crippen MR) is 216 cm³/mol. The number of esters is 1. The number of hydrogen-bond donors (Lipinski definition) is 1. The molecule has 3 aliphatic heterocycles. The Labute approximate surface area is 332 Å². The number of nitrogens with zero attached hydrogens (tertiary/aromatic N) is 3. The molecule has 1 N–H and O–H groups in total. The van der Waals surface area contributed by atoms with E-state index in [1.54, 1.807) is 29.0 Å². The number of benzene rings is 3. The minimum atomic E-state index is -1.39. The van der Waals surface area contributed by atoms with Crippen molar-refractivity contribution in [3.05, 3.63) is 104 Å². The third-order valence-electron chi connectivity index (χ3n) is 11.6. The first-order chi connectivity index (χ1) is 26.4. The Morgan fingerprint density at radius 2 is 1.73 bits per heavy atom. The van der Waals surface area contributed by atoms with Gasteiger partial charge >= 0.3 is 5.97 Å². The van der Waals surface area contributed by atoms with Crippen LogP contribution in [0.4, 0.5) is 5.69 Å². The summed E-state index contributed by atoms with van der Waals surface area (Å²) in [5, 5.41) is 12.8. The molecule has 3 aromatic carbocycles. The average molecular weight is 815 g/mol. The molecule has 0 aromatic heterocycles. The number of allylic oxidation sites excluding steroid dienone is 1. The Kier molecular flexibility index (Phi) is 12.3. The molecule has 11 heteroatoms. The molecule has 0 aliphatic carbocycles. The van der Waals surface area contributed by atoms with Crippen LogP contribution in [0.25, 0.3) is 10.8 Å². The highest BCUT2D eigenvalue weighted by Crippen LogP contribution is 2.61. The summed E-state index contributed by atoms with van der Waals surface area (Å²) < 4.78 is 13.2. The van der Waals surface area contributed by atoms with Crippen LogP contribution in [0.3, 0.4) is 0 Å². The van der Waals surface area contributed by atoms with Gasteiger partial charge in [0.1, 0.15) is 17.7 Å². The third-order valence-corrected chi connectivity index (χ3v) is 12.4. The number of alkyl halides is 1. The van der Waals surface area contributed by atoms with Gasteiger partial charge in [-0.15, -0.1) is 13.2 Å². The van der Waals surface area contributed by atoms with Crippen LogP contribution >= 0.6 is 15.9 Å². The van der Waals surface area contributed by atoms with Crippen molar-refractivity contribution in [3.8, 4) is 0 Å². The van der Waals surface area contributed by atoms with Crippen LogP contribution in [0.5, 0.6) is 0 Å². The van der Waals surface area contributed by atoms with Gasteiger partial charge in [0.15, 0.2) is 0 Å². The Bertz CT molecular complexity index is 1920. The Hall–Kier alpha value is -4.32. The summed E-state index contributed by atoms with van der Waals surface area (Å²) in [4.78, 5) is 62.5. The van der Waals surface area contributed by atoms with Gasteiger partial charge in [-0.1, -0.05) is 103 Å². The van der Waals surface area contributed by atoms with Crippen molar-refractivity contribution < 1.29 is 33.8 Å². The number of halogens is 1. The van der Waals surface area contributed by atoms with Crippen LogP contribution in [-0.2, 0) is 28.7 Å². The van der Waals surface area contributed by atoms with Gasteiger partial charge in [0.05, 0.1) is 36.6 Å². The van der Waals surface area contributed by atoms with Gasteiger partial charge in [0.2, 0.25) is 11.8 Å². The fraction of sp³-hybridized carbons (Fsp3) is 0.455. The molecule has 3 amide bonds. The second-order valence-corrected chi connectivity index (χ2v) is 16.7. The van der Waals surface area contributed by atoms with Crippen LogP contribution in [0, 0.1) is 17.8 Å². The van der Waals surface area contributed by atoms with Crippen LogP contribution in [0.15, 0.2) is 98.1 Å². The fourth-order valence-electron chi connectivity index (χ4n) is 8.90. The van der Waals surface area contributed by atoms with Gasteiger partial charge < -0.3 is 29.3 Å². The summed E-state index contributed by atoms with van der Waals surface area (Å²) in [5.41, 5.74) is -0.0606. The molecule has 0 radical (unpaired) electrons. The molecular weight excluding hydrogens is 762 g/mol. The molecule has 1 unspecified atom stereocenters. The number of anilines is 1. The van der Waals surface area contributed by atoms with Crippen molar-refractivity contribution in [2.24, 2.45) is 17.8 Å². The van der Waals surface area contributed by atoms with Crippen LogP contribution in [0.1, 0.15) is 58.1 Å². The number of rotatable bonds is 16. The lowest BCUT2D eigenvalue weighted by atomic mass is 9.70. The van der Waals surface area contributed by atoms with Crippen molar-refractivity contribution in [1.82, 2.24) is 9.80 Å². The number of ether oxygens (including phenoxy) is 2. The summed E-state index contributed by atoms with van der Waals surface area (Å²) in [7, 11) is 1.69. The molecule has 292 valence electrons. The highest BCUT2D eigenvalue weighted by molar-refractivity contribution is 9.09. The van der Waals surface area contributed by atoms with E-state index in [0.717, 1.165) is 10.8 Å². The molecule has 0 saturated carbocycles. The first-order valence-electron chi connectivity index (χ1n) is 19.2. The lowest BCUT2D eigenvalue weighted by Crippen LogP contribution is -2.59. The van der Waals surface area contributed by atoms with E-state index in [9.17, 15) is 14.7 Å². The molecule has 9 atom stereocenters. The smallest absolute Gasteiger partial charge is 0.313 e. The largest absolute Gasteiger partial charge is 0.455 e. The average Bonchev–Trinajstić information content (AvgIpc) is 3.79. The second kappa shape index (κ2) is 16.8. The van der Waals surface area contributed by atoms with Crippen LogP contribution in [0.2, 0.25) is 0 Å². The number of carbonyl (C=O) groups excluding carboxylic acids is 4. The molecule has 3 aliphatic rings. The van der Waals surface area contributed by atoms with Gasteiger partial charge in [0, 0.05) is 30.5 Å². The number of likely N-dealkylation sites (tertiary alicyclic amines) is 1. The topological polar surface area (TPSA) is 117 Å². The monoisotopic (exact) mass is 813 g/mol. The predicted octanol–water partition coefficient (Wildman–Crippen LogP) is 6.61. The van der Waals surface area contributed by atoms with E-state index in [0.29, 0.717) is 30.5 Å². The lowest BCUT2D eigenvalue weighted by molar-refractivity contribution is -0.165. The molecular formula is C44H52BrN3O7. The van der Waals surface area contributed by atoms with E-state index in [-0.39, 0.29) is 42.1 Å². The van der Waals surface area contributed by atoms with Gasteiger partial charge in [-0.25, -0.2) is 0 Å². The molecule has 3 saturated heterocycles. The molecule has 3 fully saturated rings. The maximum atomic E-state index is 15.3. The molecule has 3 heterocycles. The summed E-state index contributed by atoms with van der Waals surface area (Å²) in [6.45, 7) is 13.3. The third kappa shape index (κ3) is 7.50. The van der Waals surface area contributed by atoms with Crippen molar-refractivity contribution >= 4 is 56.1 Å². The Morgan fingerprint density at radius 3 is 2.38 bits per heavy atom. The number of amides is 3. The summed E-state index contributed by atoms with van der Waals surface area (Å²) in [6, 6.07) is 20.5. The number of fused-ring (bicyclic) bond motifs is 2. The summed E-state index contributed by atoms with van der Waals surface area (Å²) >= 11 is 3.78. The molecule has 3 aromatic rings. The van der Waals surface area contributed by atoms with E-state index in [2.05, 4.69) is 29.1 Å². The number of likely N-dealkylation sites (N-methyl/N-ethyl adjacent to an activating group) is 1. The fourth-order valence-corrected chi connectivity index (χ4v) is 9.84. The second-order valence-electron chi connectivity index (χ2n) is 15.5. The first-order valence-corrected chi connectivity index (χ1v) is 20.1. The molecule has 55 heavy (non-hydrogen) atoms. The van der Waals surface area contributed by atoms with Crippen LogP contribution in [-0.4, -0.2) is 93.5 Å². The van der Waals surface area contributed by atoms with Gasteiger partial charge in [-0.05, 0) is 60.6 Å². The molecule has 10 nitrogen and oxygen atoms in total. The minimum absolute atomic E-state index is 0.0876. The van der Waals surface area contributed by atoms with E-state index >= 15 is 9.59 Å². The molecule has 2 bridgehead atoms. The maximum absolute atomic E-state index is 15.3. The van der Waals surface area contributed by atoms with E-state index in [1.165, 1.54) is 4.90 Å². The van der Waals surface area contributed by atoms with Crippen molar-refractivity contribution in [3.63, 3.8) is 0 Å². The SMILES string of the molecule is C=CCCC(=O)N(C)[C@H](C)[C@H](OC(=O)[C@@H]1[C@H]2O[C@@]3(CC2Br)[C@H](C(=O)N(CC=C)c2ccc4ccccc4c2)N([C@@H](CO)CC(C)C)C(=O)[C@@H]13)c1ccccc1. The number of aliphatic hydroxyl groups is 1. The zero-order valence-corrected chi connectivity index (χ0v) is 33.6. The highest BCUT2D eigenvalue weighted by atomic mass is 79.9. The van der Waals surface area contributed by atoms with E-state index in [4.69, 9.17) is 9.47 Å². The summed E-state index contributed by atoms with van der Waals surface area (Å²) in [5.74, 6) is -3.57. The highest BCUT2D eigenvalue weighted by Gasteiger charge is 2.77. The Morgan fingerprint density at radius 1 is 1.04 bits per heavy atom. The van der Waals surface area contributed by atoms with Crippen molar-refractivity contribution in [2.75, 3.05) is 25.1 Å². The van der Waals surface area contributed by atoms with Crippen LogP contribution < -0.4 is 4.90 Å². The van der Waals surface area contributed by atoms with Gasteiger partial charge in [0.25, 0.3) is 5.91 Å². The number of carbonyl (C=O) groups is 4. The zero-order chi connectivity index (χ0) is 39.6. The van der Waals surface area contributed by atoms with Gasteiger partial charge in [-0.2, -0.15) is 0 Å². The Balaban J connectivity index is 1.40. The van der Waals surface area contributed by atoms with E-state index in [1.807, 2.05) is 93.6 Å². The first kappa shape index (κ1) is 40.3. The number of aliphatic hydroxyl groups excluding tert-OH is 1. The molecule has 1 spiro atoms. The molecule has 6 rings (SSSR count). The van der Waals surface area contributed by atoms with Crippen molar-refractivity contribution in [1.29, 1.82) is 0 Å². The maximum Gasteiger partial charge on any atom is 0.313 e. The van der Waals surface area contributed by atoms with Gasteiger partial charge in [-0.3, -0.25) is 19.2 Å². The minimum Gasteiger partial charge on any atom is -0.455 e. The summed E-state index contributed by atoms with van der Waals surface area (Å²) in [6.07, 6.45) is 3.22.